The van der Waals surface area contributed by atoms with Crippen molar-refractivity contribution < 1.29 is 8.42 Å². The van der Waals surface area contributed by atoms with Crippen molar-refractivity contribution in [2.75, 3.05) is 11.6 Å². The number of anilines is 1. The van der Waals surface area contributed by atoms with E-state index in [1.165, 1.54) is 6.26 Å². The molecule has 0 saturated heterocycles. The summed E-state index contributed by atoms with van der Waals surface area (Å²) in [5, 5.41) is 7.88. The van der Waals surface area contributed by atoms with Crippen molar-refractivity contribution in [3.05, 3.63) is 48.8 Å². The SMILES string of the molecule is CS(=O)(=O)N[C@H]1CC[C@H](Nc2cccc(-c3cnn4ccccc34)n2)CC1. The van der Waals surface area contributed by atoms with Gasteiger partial charge in [-0.05, 0) is 49.9 Å². The van der Waals surface area contributed by atoms with E-state index in [9.17, 15) is 8.42 Å². The van der Waals surface area contributed by atoms with Crippen LogP contribution in [-0.2, 0) is 10.0 Å². The van der Waals surface area contributed by atoms with Crippen molar-refractivity contribution in [1.29, 1.82) is 0 Å². The molecule has 4 rings (SSSR count). The fourth-order valence-electron chi connectivity index (χ4n) is 3.66. The van der Waals surface area contributed by atoms with E-state index < -0.39 is 10.0 Å². The lowest BCUT2D eigenvalue weighted by molar-refractivity contribution is 0.387. The van der Waals surface area contributed by atoms with Crippen LogP contribution in [0, 0.1) is 0 Å². The molecular formula is C19H23N5O2S. The van der Waals surface area contributed by atoms with Crippen molar-refractivity contribution in [2.45, 2.75) is 37.8 Å². The van der Waals surface area contributed by atoms with Gasteiger partial charge in [0.05, 0.1) is 23.7 Å². The first-order chi connectivity index (χ1) is 13.0. The van der Waals surface area contributed by atoms with Gasteiger partial charge in [-0.2, -0.15) is 5.10 Å². The van der Waals surface area contributed by atoms with Crippen LogP contribution in [-0.4, -0.2) is 41.4 Å². The van der Waals surface area contributed by atoms with Gasteiger partial charge in [-0.15, -0.1) is 0 Å². The molecule has 0 aromatic carbocycles. The zero-order valence-corrected chi connectivity index (χ0v) is 16.0. The van der Waals surface area contributed by atoms with Crippen molar-refractivity contribution in [2.24, 2.45) is 0 Å². The first-order valence-corrected chi connectivity index (χ1v) is 11.0. The summed E-state index contributed by atoms with van der Waals surface area (Å²) in [4.78, 5) is 4.76. The van der Waals surface area contributed by atoms with Gasteiger partial charge in [0.2, 0.25) is 10.0 Å². The molecule has 2 N–H and O–H groups in total. The highest BCUT2D eigenvalue weighted by molar-refractivity contribution is 7.88. The first kappa shape index (κ1) is 17.9. The number of hydrogen-bond donors (Lipinski definition) is 2. The van der Waals surface area contributed by atoms with Gasteiger partial charge in [0.15, 0.2) is 0 Å². The van der Waals surface area contributed by atoms with Crippen LogP contribution in [0.2, 0.25) is 0 Å². The Bertz CT molecular complexity index is 1040. The Labute approximate surface area is 158 Å². The summed E-state index contributed by atoms with van der Waals surface area (Å²) in [5.74, 6) is 0.835. The van der Waals surface area contributed by atoms with Gasteiger partial charge in [-0.3, -0.25) is 0 Å². The number of rotatable bonds is 5. The van der Waals surface area contributed by atoms with Crippen LogP contribution in [0.4, 0.5) is 5.82 Å². The van der Waals surface area contributed by atoms with Gasteiger partial charge >= 0.3 is 0 Å². The lowest BCUT2D eigenvalue weighted by atomic mass is 9.92. The Kier molecular flexibility index (Phi) is 4.84. The molecule has 142 valence electrons. The van der Waals surface area contributed by atoms with E-state index in [1.54, 1.807) is 0 Å². The first-order valence-electron chi connectivity index (χ1n) is 9.11. The summed E-state index contributed by atoms with van der Waals surface area (Å²) < 4.78 is 27.3. The van der Waals surface area contributed by atoms with Crippen molar-refractivity contribution in [3.63, 3.8) is 0 Å². The molecule has 0 unspecified atom stereocenters. The third-order valence-corrected chi connectivity index (χ3v) is 5.67. The van der Waals surface area contributed by atoms with Crippen LogP contribution in [0.25, 0.3) is 16.8 Å². The van der Waals surface area contributed by atoms with E-state index in [4.69, 9.17) is 4.98 Å². The molecule has 3 aromatic heterocycles. The number of hydrogen-bond acceptors (Lipinski definition) is 5. The van der Waals surface area contributed by atoms with E-state index in [0.717, 1.165) is 48.3 Å². The summed E-state index contributed by atoms with van der Waals surface area (Å²) in [5.41, 5.74) is 2.91. The summed E-state index contributed by atoms with van der Waals surface area (Å²) >= 11 is 0. The zero-order chi connectivity index (χ0) is 18.9. The summed E-state index contributed by atoms with van der Waals surface area (Å²) in [6.45, 7) is 0. The van der Waals surface area contributed by atoms with Gasteiger partial charge < -0.3 is 5.32 Å². The highest BCUT2D eigenvalue weighted by atomic mass is 32.2. The van der Waals surface area contributed by atoms with Crippen LogP contribution in [0.15, 0.2) is 48.8 Å². The summed E-state index contributed by atoms with van der Waals surface area (Å²) in [6, 6.07) is 12.3. The molecular weight excluding hydrogens is 362 g/mol. The molecule has 7 nitrogen and oxygen atoms in total. The Morgan fingerprint density at radius 3 is 2.59 bits per heavy atom. The number of sulfonamides is 1. The predicted octanol–water partition coefficient (Wildman–Crippen LogP) is 2.67. The number of aromatic nitrogens is 3. The molecule has 3 heterocycles. The van der Waals surface area contributed by atoms with Gasteiger partial charge in [0.1, 0.15) is 5.82 Å². The van der Waals surface area contributed by atoms with E-state index in [0.29, 0.717) is 6.04 Å². The normalized spacial score (nSPS) is 20.6. The molecule has 3 aromatic rings. The second kappa shape index (κ2) is 7.28. The van der Waals surface area contributed by atoms with E-state index in [1.807, 2.05) is 53.3 Å². The number of nitrogens with one attached hydrogen (secondary N) is 2. The largest absolute Gasteiger partial charge is 0.367 e. The molecule has 0 atom stereocenters. The second-order valence-corrected chi connectivity index (χ2v) is 8.86. The van der Waals surface area contributed by atoms with Crippen molar-refractivity contribution in [3.8, 4) is 11.3 Å². The topological polar surface area (TPSA) is 88.4 Å². The van der Waals surface area contributed by atoms with Crippen LogP contribution in [0.3, 0.4) is 0 Å². The summed E-state index contributed by atoms with van der Waals surface area (Å²) in [7, 11) is -3.14. The minimum absolute atomic E-state index is 0.0381. The maximum atomic E-state index is 11.4. The zero-order valence-electron chi connectivity index (χ0n) is 15.2. The fraction of sp³-hybridized carbons (Fsp3) is 0.368. The molecule has 1 aliphatic carbocycles. The second-order valence-electron chi connectivity index (χ2n) is 7.08. The van der Waals surface area contributed by atoms with Crippen LogP contribution in [0.5, 0.6) is 0 Å². The van der Waals surface area contributed by atoms with Crippen molar-refractivity contribution in [1.82, 2.24) is 19.3 Å². The van der Waals surface area contributed by atoms with Crippen LogP contribution >= 0.6 is 0 Å². The monoisotopic (exact) mass is 385 g/mol. The highest BCUT2D eigenvalue weighted by Crippen LogP contribution is 2.26. The third kappa shape index (κ3) is 4.28. The molecule has 1 fully saturated rings. The molecule has 0 radical (unpaired) electrons. The Morgan fingerprint density at radius 1 is 1.04 bits per heavy atom. The lowest BCUT2D eigenvalue weighted by Gasteiger charge is -2.29. The van der Waals surface area contributed by atoms with Gasteiger partial charge in [-0.1, -0.05) is 12.1 Å². The quantitative estimate of drug-likeness (QED) is 0.705. The lowest BCUT2D eigenvalue weighted by Crippen LogP contribution is -2.39. The molecule has 27 heavy (non-hydrogen) atoms. The van der Waals surface area contributed by atoms with E-state index >= 15 is 0 Å². The molecule has 0 bridgehead atoms. The molecule has 0 aliphatic heterocycles. The minimum atomic E-state index is -3.14. The number of nitrogens with zero attached hydrogens (tertiary/aromatic N) is 3. The molecule has 1 aliphatic rings. The maximum absolute atomic E-state index is 11.4. The number of fused-ring (bicyclic) bond motifs is 1. The average molecular weight is 385 g/mol. The van der Waals surface area contributed by atoms with Gasteiger partial charge in [-0.25, -0.2) is 22.6 Å². The maximum Gasteiger partial charge on any atom is 0.208 e. The molecule has 0 amide bonds. The third-order valence-electron chi connectivity index (χ3n) is 4.91. The molecule has 1 saturated carbocycles. The Balaban J connectivity index is 1.45. The van der Waals surface area contributed by atoms with Gasteiger partial charge in [0, 0.05) is 23.8 Å². The number of pyridine rings is 2. The standard InChI is InChI=1S/C19H23N5O2S/c1-27(25,26)23-15-10-8-14(9-11-15)21-19-7-4-5-17(22-19)16-13-20-24-12-3-2-6-18(16)24/h2-7,12-15,23H,8-11H2,1H3,(H,21,22)/t14-,15-. The Hall–Kier alpha value is -2.45. The fourth-order valence-corrected chi connectivity index (χ4v) is 4.51. The van der Waals surface area contributed by atoms with E-state index in [-0.39, 0.29) is 6.04 Å². The van der Waals surface area contributed by atoms with E-state index in [2.05, 4.69) is 15.1 Å². The smallest absolute Gasteiger partial charge is 0.208 e. The molecule has 8 heteroatoms. The predicted molar refractivity (Wildman–Crippen MR) is 106 cm³/mol. The Morgan fingerprint density at radius 2 is 1.81 bits per heavy atom. The van der Waals surface area contributed by atoms with Crippen LogP contribution < -0.4 is 10.0 Å². The van der Waals surface area contributed by atoms with Gasteiger partial charge in [0.25, 0.3) is 0 Å². The average Bonchev–Trinajstić information content (AvgIpc) is 3.07. The highest BCUT2D eigenvalue weighted by Gasteiger charge is 2.23. The minimum Gasteiger partial charge on any atom is -0.367 e. The summed E-state index contributed by atoms with van der Waals surface area (Å²) in [6.07, 6.45) is 8.46. The van der Waals surface area contributed by atoms with Crippen LogP contribution in [0.1, 0.15) is 25.7 Å². The molecule has 0 spiro atoms. The van der Waals surface area contributed by atoms with Crippen molar-refractivity contribution >= 4 is 21.4 Å².